The molecule has 19 heavy (non-hydrogen) atoms. The van der Waals surface area contributed by atoms with Crippen LogP contribution in [0.4, 0.5) is 0 Å². The highest BCUT2D eigenvalue weighted by atomic mass is 32.2. The molecule has 4 nitrogen and oxygen atoms in total. The number of morpholine rings is 1. The van der Waals surface area contributed by atoms with Gasteiger partial charge in [0.25, 0.3) is 5.91 Å². The summed E-state index contributed by atoms with van der Waals surface area (Å²) in [5, 5.41) is 1.87. The van der Waals surface area contributed by atoms with E-state index in [-0.39, 0.29) is 11.5 Å². The molecule has 6 heteroatoms. The average molecular weight is 298 g/mol. The van der Waals surface area contributed by atoms with Crippen LogP contribution < -0.4 is 0 Å². The van der Waals surface area contributed by atoms with E-state index in [0.29, 0.717) is 18.8 Å². The Hall–Kier alpha value is -0.590. The number of carbonyl (C=O) groups is 1. The summed E-state index contributed by atoms with van der Waals surface area (Å²) in [5.41, 5.74) is 0.524. The van der Waals surface area contributed by atoms with Gasteiger partial charge in [0.05, 0.1) is 18.8 Å². The third-order valence-electron chi connectivity index (χ3n) is 3.93. The molecule has 0 atom stereocenters. The summed E-state index contributed by atoms with van der Waals surface area (Å²) in [6.45, 7) is 2.08. The predicted molar refractivity (Wildman–Crippen MR) is 76.9 cm³/mol. The van der Waals surface area contributed by atoms with Crippen molar-refractivity contribution in [1.29, 1.82) is 0 Å². The van der Waals surface area contributed by atoms with E-state index in [1.165, 1.54) is 24.2 Å². The van der Waals surface area contributed by atoms with E-state index >= 15 is 0 Å². The largest absolute Gasteiger partial charge is 0.371 e. The highest BCUT2D eigenvalue weighted by molar-refractivity contribution is 8.00. The molecule has 0 N–H and O–H groups in total. The third kappa shape index (κ3) is 2.66. The maximum Gasteiger partial charge on any atom is 0.273 e. The highest BCUT2D eigenvalue weighted by Crippen LogP contribution is 2.36. The van der Waals surface area contributed by atoms with Gasteiger partial charge in [-0.05, 0) is 19.1 Å². The molecule has 104 valence electrons. The lowest BCUT2D eigenvalue weighted by atomic mass is 9.99. The summed E-state index contributed by atoms with van der Waals surface area (Å²) in [4.78, 5) is 18.8. The van der Waals surface area contributed by atoms with Gasteiger partial charge in [-0.3, -0.25) is 4.79 Å². The number of aromatic nitrogens is 1. The van der Waals surface area contributed by atoms with E-state index in [1.807, 2.05) is 16.5 Å². The molecule has 0 radical (unpaired) electrons. The second-order valence-electron chi connectivity index (χ2n) is 5.17. The van der Waals surface area contributed by atoms with Crippen LogP contribution in [0.3, 0.4) is 0 Å². The van der Waals surface area contributed by atoms with E-state index in [4.69, 9.17) is 4.74 Å². The van der Waals surface area contributed by atoms with Crippen LogP contribution in [0.25, 0.3) is 0 Å². The second-order valence-corrected chi connectivity index (χ2v) is 7.08. The topological polar surface area (TPSA) is 42.4 Å². The number of rotatable bonds is 2. The van der Waals surface area contributed by atoms with Crippen LogP contribution in [0.15, 0.2) is 9.72 Å². The fraction of sp³-hybridized carbons (Fsp3) is 0.692. The van der Waals surface area contributed by atoms with E-state index in [9.17, 15) is 4.79 Å². The maximum atomic E-state index is 12.5. The fourth-order valence-electron chi connectivity index (χ4n) is 2.95. The molecule has 1 aliphatic heterocycles. The van der Waals surface area contributed by atoms with E-state index in [2.05, 4.69) is 4.98 Å². The molecule has 1 aromatic heterocycles. The first-order chi connectivity index (χ1) is 9.22. The van der Waals surface area contributed by atoms with Crippen LogP contribution in [-0.4, -0.2) is 47.3 Å². The summed E-state index contributed by atoms with van der Waals surface area (Å²) in [6.07, 6.45) is 6.59. The lowest BCUT2D eigenvalue weighted by Gasteiger charge is -2.40. The van der Waals surface area contributed by atoms with Crippen molar-refractivity contribution < 1.29 is 9.53 Å². The normalized spacial score (nSPS) is 22.1. The molecule has 1 amide bonds. The SMILES string of the molecule is CSc1nc(C(=O)N2CCOC3(CCCC3)C2)cs1. The van der Waals surface area contributed by atoms with Crippen molar-refractivity contribution in [3.63, 3.8) is 0 Å². The quantitative estimate of drug-likeness (QED) is 0.787. The summed E-state index contributed by atoms with van der Waals surface area (Å²) >= 11 is 3.12. The van der Waals surface area contributed by atoms with Gasteiger partial charge in [-0.2, -0.15) is 0 Å². The van der Waals surface area contributed by atoms with Crippen molar-refractivity contribution in [3.8, 4) is 0 Å². The minimum atomic E-state index is -0.0632. The van der Waals surface area contributed by atoms with Crippen LogP contribution in [0.1, 0.15) is 36.2 Å². The Labute approximate surface area is 121 Å². The van der Waals surface area contributed by atoms with Gasteiger partial charge in [-0.15, -0.1) is 11.3 Å². The smallest absolute Gasteiger partial charge is 0.273 e. The molecule has 1 aliphatic carbocycles. The Morgan fingerprint density at radius 1 is 1.53 bits per heavy atom. The number of ether oxygens (including phenoxy) is 1. The molecule has 2 aliphatic rings. The van der Waals surface area contributed by atoms with Crippen molar-refractivity contribution in [2.75, 3.05) is 26.0 Å². The Kier molecular flexibility index (Phi) is 3.82. The maximum absolute atomic E-state index is 12.5. The summed E-state index contributed by atoms with van der Waals surface area (Å²) < 4.78 is 6.90. The zero-order valence-corrected chi connectivity index (χ0v) is 12.7. The predicted octanol–water partition coefficient (Wildman–Crippen LogP) is 2.65. The van der Waals surface area contributed by atoms with Crippen molar-refractivity contribution in [1.82, 2.24) is 9.88 Å². The van der Waals surface area contributed by atoms with Gasteiger partial charge in [0.1, 0.15) is 10.0 Å². The molecule has 1 saturated carbocycles. The van der Waals surface area contributed by atoms with E-state index in [0.717, 1.165) is 23.7 Å². The number of amides is 1. The van der Waals surface area contributed by atoms with Crippen LogP contribution in [-0.2, 0) is 4.74 Å². The summed E-state index contributed by atoms with van der Waals surface area (Å²) in [5.74, 6) is 0.0612. The summed E-state index contributed by atoms with van der Waals surface area (Å²) in [7, 11) is 0. The molecular weight excluding hydrogens is 280 g/mol. The van der Waals surface area contributed by atoms with Crippen LogP contribution >= 0.6 is 23.1 Å². The van der Waals surface area contributed by atoms with Gasteiger partial charge in [-0.25, -0.2) is 4.98 Å². The van der Waals surface area contributed by atoms with Gasteiger partial charge < -0.3 is 9.64 Å². The first-order valence-electron chi connectivity index (χ1n) is 6.65. The molecule has 1 saturated heterocycles. The van der Waals surface area contributed by atoms with Crippen LogP contribution in [0.2, 0.25) is 0 Å². The Morgan fingerprint density at radius 3 is 3.00 bits per heavy atom. The number of hydrogen-bond donors (Lipinski definition) is 0. The molecule has 0 unspecified atom stereocenters. The monoisotopic (exact) mass is 298 g/mol. The van der Waals surface area contributed by atoms with Crippen molar-refractivity contribution in [2.24, 2.45) is 0 Å². The van der Waals surface area contributed by atoms with Gasteiger partial charge >= 0.3 is 0 Å². The van der Waals surface area contributed by atoms with Gasteiger partial charge in [0.15, 0.2) is 0 Å². The molecule has 3 rings (SSSR count). The molecule has 2 heterocycles. The van der Waals surface area contributed by atoms with E-state index < -0.39 is 0 Å². The van der Waals surface area contributed by atoms with Crippen LogP contribution in [0.5, 0.6) is 0 Å². The minimum absolute atomic E-state index is 0.0612. The van der Waals surface area contributed by atoms with Gasteiger partial charge in [0.2, 0.25) is 0 Å². The lowest BCUT2D eigenvalue weighted by Crippen LogP contribution is -2.52. The molecule has 0 aromatic carbocycles. The fourth-order valence-corrected chi connectivity index (χ4v) is 4.19. The number of thioether (sulfide) groups is 1. The van der Waals surface area contributed by atoms with Crippen molar-refractivity contribution in [3.05, 3.63) is 11.1 Å². The molecule has 2 fully saturated rings. The zero-order valence-electron chi connectivity index (χ0n) is 11.1. The highest BCUT2D eigenvalue weighted by Gasteiger charge is 2.40. The number of nitrogens with zero attached hydrogens (tertiary/aromatic N) is 2. The third-order valence-corrected chi connectivity index (χ3v) is 5.79. The first kappa shape index (κ1) is 13.4. The molecule has 1 aromatic rings. The molecule has 0 bridgehead atoms. The minimum Gasteiger partial charge on any atom is -0.371 e. The van der Waals surface area contributed by atoms with Crippen LogP contribution in [0, 0.1) is 0 Å². The Morgan fingerprint density at radius 2 is 2.32 bits per heavy atom. The van der Waals surface area contributed by atoms with E-state index in [1.54, 1.807) is 11.8 Å². The average Bonchev–Trinajstić information content (AvgIpc) is 3.07. The second kappa shape index (κ2) is 5.42. The number of thiazole rings is 1. The number of hydrogen-bond acceptors (Lipinski definition) is 5. The van der Waals surface area contributed by atoms with Crippen molar-refractivity contribution >= 4 is 29.0 Å². The Bertz CT molecular complexity index is 469. The van der Waals surface area contributed by atoms with Gasteiger partial charge in [-0.1, -0.05) is 24.6 Å². The summed E-state index contributed by atoms with van der Waals surface area (Å²) in [6, 6.07) is 0. The zero-order chi connectivity index (χ0) is 13.3. The standard InChI is InChI=1S/C13H18N2O2S2/c1-18-12-14-10(8-19-12)11(16)15-6-7-17-13(9-15)4-2-3-5-13/h8H,2-7,9H2,1H3. The first-order valence-corrected chi connectivity index (χ1v) is 8.76. The molecular formula is C13H18N2O2S2. The van der Waals surface area contributed by atoms with Crippen molar-refractivity contribution in [2.45, 2.75) is 35.6 Å². The van der Waals surface area contributed by atoms with Gasteiger partial charge in [0, 0.05) is 11.9 Å². The lowest BCUT2D eigenvalue weighted by molar-refractivity contribution is -0.0949. The Balaban J connectivity index is 1.72. The number of carbonyl (C=O) groups excluding carboxylic acids is 1. The molecule has 1 spiro atoms.